The number of aryl methyl sites for hydroxylation is 1. The Kier molecular flexibility index (Phi) is 3.89. The molecule has 1 fully saturated rings. The third-order valence-corrected chi connectivity index (χ3v) is 3.90. The zero-order chi connectivity index (χ0) is 16.4. The summed E-state index contributed by atoms with van der Waals surface area (Å²) in [6.45, 7) is 1.80. The molecule has 1 aliphatic rings. The topological polar surface area (TPSA) is 94.8 Å². The second-order valence-corrected chi connectivity index (χ2v) is 5.52. The molecule has 7 nitrogen and oxygen atoms in total. The van der Waals surface area contributed by atoms with Gasteiger partial charge in [0.1, 0.15) is 11.8 Å². The number of hydrogen-bond acceptors (Lipinski definition) is 6. The van der Waals surface area contributed by atoms with E-state index in [1.54, 1.807) is 37.3 Å². The van der Waals surface area contributed by atoms with E-state index >= 15 is 0 Å². The normalized spacial score (nSPS) is 20.4. The maximum atomic E-state index is 12.1. The molecule has 0 aromatic carbocycles. The van der Waals surface area contributed by atoms with E-state index in [4.69, 9.17) is 5.26 Å². The van der Waals surface area contributed by atoms with Crippen LogP contribution in [0.15, 0.2) is 30.6 Å². The minimum absolute atomic E-state index is 0.0458. The van der Waals surface area contributed by atoms with Gasteiger partial charge in [0, 0.05) is 31.6 Å². The molecule has 7 heteroatoms. The Bertz CT molecular complexity index is 770. The standard InChI is InChI=1S/C16H16N6O/c1-10-6-12(8-17)20-16(19-10)21-13-7-14(23)22(2)15(13)11-4-3-5-18-9-11/h3-6,9,13,15H,7H2,1-2H3,(H,19,20,21)/t13-,15+/m1/s1. The van der Waals surface area contributed by atoms with Crippen LogP contribution in [0.4, 0.5) is 5.95 Å². The van der Waals surface area contributed by atoms with Crippen LogP contribution in [0, 0.1) is 18.3 Å². The van der Waals surface area contributed by atoms with E-state index in [2.05, 4.69) is 20.3 Å². The predicted octanol–water partition coefficient (Wildman–Crippen LogP) is 1.44. The van der Waals surface area contributed by atoms with Crippen molar-refractivity contribution in [3.8, 4) is 6.07 Å². The fraction of sp³-hybridized carbons (Fsp3) is 0.312. The van der Waals surface area contributed by atoms with E-state index in [0.29, 0.717) is 23.8 Å². The summed E-state index contributed by atoms with van der Waals surface area (Å²) in [5, 5.41) is 12.2. The lowest BCUT2D eigenvalue weighted by Crippen LogP contribution is -2.30. The molecular formula is C16H16N6O. The number of amides is 1. The summed E-state index contributed by atoms with van der Waals surface area (Å²) in [5.74, 6) is 0.410. The van der Waals surface area contributed by atoms with Crippen LogP contribution in [-0.4, -0.2) is 38.8 Å². The lowest BCUT2D eigenvalue weighted by molar-refractivity contribution is -0.127. The van der Waals surface area contributed by atoms with Gasteiger partial charge in [0.2, 0.25) is 11.9 Å². The molecule has 2 aromatic heterocycles. The monoisotopic (exact) mass is 308 g/mol. The van der Waals surface area contributed by atoms with Crippen molar-refractivity contribution in [2.45, 2.75) is 25.4 Å². The number of hydrogen-bond donors (Lipinski definition) is 1. The Balaban J connectivity index is 1.90. The van der Waals surface area contributed by atoms with Crippen LogP contribution >= 0.6 is 0 Å². The van der Waals surface area contributed by atoms with Crippen LogP contribution in [0.25, 0.3) is 0 Å². The summed E-state index contributed by atoms with van der Waals surface area (Å²) in [7, 11) is 1.78. The van der Waals surface area contributed by atoms with E-state index in [-0.39, 0.29) is 18.0 Å². The van der Waals surface area contributed by atoms with Gasteiger partial charge in [0.15, 0.2) is 0 Å². The first-order valence-electron chi connectivity index (χ1n) is 7.26. The van der Waals surface area contributed by atoms with Crippen molar-refractivity contribution in [2.24, 2.45) is 0 Å². The van der Waals surface area contributed by atoms with Gasteiger partial charge < -0.3 is 10.2 Å². The lowest BCUT2D eigenvalue weighted by Gasteiger charge is -2.25. The molecule has 0 unspecified atom stereocenters. The summed E-state index contributed by atoms with van der Waals surface area (Å²) in [6, 6.07) is 7.10. The summed E-state index contributed by atoms with van der Waals surface area (Å²) >= 11 is 0. The molecule has 3 rings (SSSR count). The highest BCUT2D eigenvalue weighted by Crippen LogP contribution is 2.33. The molecule has 0 spiro atoms. The molecule has 2 atom stereocenters. The molecular weight excluding hydrogens is 292 g/mol. The highest BCUT2D eigenvalue weighted by atomic mass is 16.2. The maximum absolute atomic E-state index is 12.1. The van der Waals surface area contributed by atoms with Gasteiger partial charge in [0.25, 0.3) is 0 Å². The molecule has 3 heterocycles. The summed E-state index contributed by atoms with van der Waals surface area (Å²) in [6.07, 6.45) is 3.80. The number of aromatic nitrogens is 3. The number of likely N-dealkylation sites (tertiary alicyclic amines) is 1. The van der Waals surface area contributed by atoms with Gasteiger partial charge >= 0.3 is 0 Å². The Morgan fingerprint density at radius 1 is 1.43 bits per heavy atom. The van der Waals surface area contributed by atoms with E-state index in [1.807, 2.05) is 18.2 Å². The molecule has 1 aliphatic heterocycles. The quantitative estimate of drug-likeness (QED) is 0.922. The van der Waals surface area contributed by atoms with E-state index < -0.39 is 0 Å². The zero-order valence-electron chi connectivity index (χ0n) is 12.9. The number of nitriles is 1. The third kappa shape index (κ3) is 2.97. The second kappa shape index (κ2) is 6.01. The number of pyridine rings is 1. The fourth-order valence-corrected chi connectivity index (χ4v) is 2.86. The molecule has 116 valence electrons. The Morgan fingerprint density at radius 3 is 2.96 bits per heavy atom. The number of nitrogens with one attached hydrogen (secondary N) is 1. The minimum atomic E-state index is -0.176. The Hall–Kier alpha value is -3.01. The summed E-state index contributed by atoms with van der Waals surface area (Å²) < 4.78 is 0. The molecule has 1 amide bonds. The van der Waals surface area contributed by atoms with Gasteiger partial charge in [-0.05, 0) is 24.6 Å². The van der Waals surface area contributed by atoms with Gasteiger partial charge in [-0.25, -0.2) is 9.97 Å². The van der Waals surface area contributed by atoms with Gasteiger partial charge in [-0.1, -0.05) is 6.07 Å². The highest BCUT2D eigenvalue weighted by molar-refractivity contribution is 5.80. The average Bonchev–Trinajstić information content (AvgIpc) is 2.82. The van der Waals surface area contributed by atoms with Crippen molar-refractivity contribution < 1.29 is 4.79 Å². The molecule has 0 aliphatic carbocycles. The fourth-order valence-electron chi connectivity index (χ4n) is 2.86. The SMILES string of the molecule is Cc1cc(C#N)nc(N[C@@H]2CC(=O)N(C)[C@H]2c2cccnc2)n1. The Morgan fingerprint density at radius 2 is 2.26 bits per heavy atom. The zero-order valence-corrected chi connectivity index (χ0v) is 12.9. The van der Waals surface area contributed by atoms with Crippen LogP contribution in [0.5, 0.6) is 0 Å². The largest absolute Gasteiger partial charge is 0.348 e. The molecule has 1 saturated heterocycles. The minimum Gasteiger partial charge on any atom is -0.348 e. The average molecular weight is 308 g/mol. The molecule has 23 heavy (non-hydrogen) atoms. The predicted molar refractivity (Wildman–Crippen MR) is 83.3 cm³/mol. The van der Waals surface area contributed by atoms with Crippen molar-refractivity contribution in [3.05, 3.63) is 47.5 Å². The molecule has 1 N–H and O–H groups in total. The van der Waals surface area contributed by atoms with Gasteiger partial charge in [-0.2, -0.15) is 5.26 Å². The number of carbonyl (C=O) groups excluding carboxylic acids is 1. The van der Waals surface area contributed by atoms with Crippen molar-refractivity contribution >= 4 is 11.9 Å². The van der Waals surface area contributed by atoms with Crippen LogP contribution in [0.1, 0.15) is 29.4 Å². The number of nitrogens with zero attached hydrogens (tertiary/aromatic N) is 5. The molecule has 0 saturated carbocycles. The first kappa shape index (κ1) is 14.9. The van der Waals surface area contributed by atoms with Crippen molar-refractivity contribution in [2.75, 3.05) is 12.4 Å². The Labute approximate surface area is 134 Å². The molecule has 2 aromatic rings. The van der Waals surface area contributed by atoms with Crippen LogP contribution < -0.4 is 5.32 Å². The van der Waals surface area contributed by atoms with Crippen molar-refractivity contribution in [3.63, 3.8) is 0 Å². The number of carbonyl (C=O) groups is 1. The van der Waals surface area contributed by atoms with Crippen molar-refractivity contribution in [1.82, 2.24) is 19.9 Å². The van der Waals surface area contributed by atoms with E-state index in [1.165, 1.54) is 0 Å². The van der Waals surface area contributed by atoms with E-state index in [0.717, 1.165) is 5.56 Å². The smallest absolute Gasteiger partial charge is 0.225 e. The maximum Gasteiger partial charge on any atom is 0.225 e. The number of anilines is 1. The van der Waals surface area contributed by atoms with Crippen molar-refractivity contribution in [1.29, 1.82) is 5.26 Å². The van der Waals surface area contributed by atoms with Gasteiger partial charge in [-0.3, -0.25) is 9.78 Å². The number of likely N-dealkylation sites (N-methyl/N-ethyl adjacent to an activating group) is 1. The highest BCUT2D eigenvalue weighted by Gasteiger charge is 2.39. The summed E-state index contributed by atoms with van der Waals surface area (Å²) in [5.41, 5.74) is 1.96. The first-order valence-corrected chi connectivity index (χ1v) is 7.26. The van der Waals surface area contributed by atoms with Gasteiger partial charge in [0.05, 0.1) is 12.1 Å². The first-order chi connectivity index (χ1) is 11.1. The van der Waals surface area contributed by atoms with Crippen LogP contribution in [0.3, 0.4) is 0 Å². The second-order valence-electron chi connectivity index (χ2n) is 5.52. The number of rotatable bonds is 3. The lowest BCUT2D eigenvalue weighted by atomic mass is 10.0. The van der Waals surface area contributed by atoms with Crippen LogP contribution in [0.2, 0.25) is 0 Å². The van der Waals surface area contributed by atoms with E-state index in [9.17, 15) is 4.79 Å². The third-order valence-electron chi connectivity index (χ3n) is 3.90. The molecule has 0 bridgehead atoms. The summed E-state index contributed by atoms with van der Waals surface area (Å²) in [4.78, 5) is 26.4. The van der Waals surface area contributed by atoms with Crippen LogP contribution in [-0.2, 0) is 4.79 Å². The van der Waals surface area contributed by atoms with Gasteiger partial charge in [-0.15, -0.1) is 0 Å². The molecule has 0 radical (unpaired) electrons.